The lowest BCUT2D eigenvalue weighted by atomic mass is 10.1. The van der Waals surface area contributed by atoms with Crippen molar-refractivity contribution < 1.29 is 9.59 Å². The zero-order valence-corrected chi connectivity index (χ0v) is 19.7. The zero-order valence-electron chi connectivity index (χ0n) is 18.8. The van der Waals surface area contributed by atoms with Crippen molar-refractivity contribution in [3.05, 3.63) is 76.6 Å². The first kappa shape index (κ1) is 22.5. The molecule has 168 valence electrons. The second kappa shape index (κ2) is 9.41. The number of aromatic nitrogens is 4. The molecule has 0 spiro atoms. The van der Waals surface area contributed by atoms with E-state index in [1.807, 2.05) is 51.1 Å². The number of nitrogens with one attached hydrogen (secondary N) is 2. The Hall–Kier alpha value is -3.72. The average molecular weight is 461 g/mol. The second-order valence-corrected chi connectivity index (χ2v) is 8.65. The molecule has 2 aromatic carbocycles. The van der Waals surface area contributed by atoms with Gasteiger partial charge in [-0.1, -0.05) is 36.0 Å². The van der Waals surface area contributed by atoms with Crippen LogP contribution in [0.4, 0.5) is 11.4 Å². The van der Waals surface area contributed by atoms with E-state index in [0.29, 0.717) is 33.6 Å². The van der Waals surface area contributed by atoms with Gasteiger partial charge in [0.2, 0.25) is 11.1 Å². The number of hydrogen-bond donors (Lipinski definition) is 2. The van der Waals surface area contributed by atoms with E-state index in [2.05, 4.69) is 25.7 Å². The van der Waals surface area contributed by atoms with E-state index in [4.69, 9.17) is 0 Å². The molecule has 0 unspecified atom stereocenters. The van der Waals surface area contributed by atoms with Crippen molar-refractivity contribution in [2.24, 2.45) is 0 Å². The summed E-state index contributed by atoms with van der Waals surface area (Å²) in [5, 5.41) is 10.9. The van der Waals surface area contributed by atoms with E-state index in [1.54, 1.807) is 22.7 Å². The molecule has 0 atom stereocenters. The Morgan fingerprint density at radius 2 is 1.70 bits per heavy atom. The number of thioether (sulfide) groups is 1. The van der Waals surface area contributed by atoms with Gasteiger partial charge in [0.1, 0.15) is 0 Å². The Balaban J connectivity index is 1.53. The SMILES string of the molecule is CC(=O)Nc1cccc(NC(=O)c2ccccc2CSc2nc3nc(C)cc(C)n3n2)c1C. The number of nitrogens with zero attached hydrogens (tertiary/aromatic N) is 4. The highest BCUT2D eigenvalue weighted by Crippen LogP contribution is 2.26. The van der Waals surface area contributed by atoms with Crippen molar-refractivity contribution in [2.75, 3.05) is 10.6 Å². The molecular formula is C24H24N6O2S. The molecule has 2 aromatic heterocycles. The third kappa shape index (κ3) is 5.04. The molecule has 4 rings (SSSR count). The summed E-state index contributed by atoms with van der Waals surface area (Å²) in [5.74, 6) is 0.717. The quantitative estimate of drug-likeness (QED) is 0.409. The molecule has 0 aliphatic heterocycles. The first-order valence-corrected chi connectivity index (χ1v) is 11.4. The van der Waals surface area contributed by atoms with Crippen LogP contribution in [0.3, 0.4) is 0 Å². The van der Waals surface area contributed by atoms with Gasteiger partial charge in [-0.3, -0.25) is 9.59 Å². The number of aryl methyl sites for hydroxylation is 2. The van der Waals surface area contributed by atoms with Crippen molar-refractivity contribution in [3.8, 4) is 0 Å². The number of benzene rings is 2. The molecule has 33 heavy (non-hydrogen) atoms. The lowest BCUT2D eigenvalue weighted by Crippen LogP contribution is -2.16. The first-order chi connectivity index (χ1) is 15.8. The number of anilines is 2. The lowest BCUT2D eigenvalue weighted by Gasteiger charge is -2.14. The maximum atomic E-state index is 13.1. The minimum atomic E-state index is -0.217. The van der Waals surface area contributed by atoms with Crippen LogP contribution in [0.15, 0.2) is 53.7 Å². The van der Waals surface area contributed by atoms with Gasteiger partial charge in [0.25, 0.3) is 11.7 Å². The van der Waals surface area contributed by atoms with Gasteiger partial charge in [-0.25, -0.2) is 9.50 Å². The molecular weight excluding hydrogens is 436 g/mol. The summed E-state index contributed by atoms with van der Waals surface area (Å²) in [4.78, 5) is 33.5. The maximum Gasteiger partial charge on any atom is 0.255 e. The number of fused-ring (bicyclic) bond motifs is 1. The molecule has 8 nitrogen and oxygen atoms in total. The van der Waals surface area contributed by atoms with Crippen molar-refractivity contribution in [2.45, 2.75) is 38.6 Å². The molecule has 0 saturated heterocycles. The Labute approximate surface area is 195 Å². The minimum absolute atomic E-state index is 0.162. The second-order valence-electron chi connectivity index (χ2n) is 7.70. The van der Waals surface area contributed by atoms with Gasteiger partial charge in [-0.15, -0.1) is 5.10 Å². The Morgan fingerprint density at radius 3 is 2.45 bits per heavy atom. The predicted octanol–water partition coefficient (Wildman–Crippen LogP) is 4.55. The number of amides is 2. The molecule has 0 saturated carbocycles. The fourth-order valence-corrected chi connectivity index (χ4v) is 4.33. The normalized spacial score (nSPS) is 10.9. The summed E-state index contributed by atoms with van der Waals surface area (Å²) < 4.78 is 1.72. The van der Waals surface area contributed by atoms with Crippen LogP contribution >= 0.6 is 11.8 Å². The molecule has 2 amide bonds. The van der Waals surface area contributed by atoms with Crippen LogP contribution in [0.5, 0.6) is 0 Å². The van der Waals surface area contributed by atoms with Crippen LogP contribution in [-0.4, -0.2) is 31.4 Å². The molecule has 2 N–H and O–H groups in total. The molecule has 0 radical (unpaired) electrons. The zero-order chi connectivity index (χ0) is 23.5. The van der Waals surface area contributed by atoms with Crippen LogP contribution in [0.25, 0.3) is 5.78 Å². The van der Waals surface area contributed by atoms with Crippen LogP contribution < -0.4 is 10.6 Å². The fraction of sp³-hybridized carbons (Fsp3) is 0.208. The Bertz CT molecular complexity index is 1360. The molecule has 0 aliphatic rings. The van der Waals surface area contributed by atoms with Gasteiger partial charge in [-0.2, -0.15) is 4.98 Å². The lowest BCUT2D eigenvalue weighted by molar-refractivity contribution is -0.114. The average Bonchev–Trinajstić information content (AvgIpc) is 3.18. The van der Waals surface area contributed by atoms with E-state index in [1.165, 1.54) is 18.7 Å². The fourth-order valence-electron chi connectivity index (χ4n) is 3.50. The minimum Gasteiger partial charge on any atom is -0.326 e. The first-order valence-electron chi connectivity index (χ1n) is 10.4. The molecule has 9 heteroatoms. The van der Waals surface area contributed by atoms with Crippen LogP contribution in [0, 0.1) is 20.8 Å². The highest BCUT2D eigenvalue weighted by atomic mass is 32.2. The molecule has 0 bridgehead atoms. The van der Waals surface area contributed by atoms with E-state index < -0.39 is 0 Å². The maximum absolute atomic E-state index is 13.1. The van der Waals surface area contributed by atoms with Crippen LogP contribution in [-0.2, 0) is 10.5 Å². The van der Waals surface area contributed by atoms with E-state index in [9.17, 15) is 9.59 Å². The molecule has 2 heterocycles. The van der Waals surface area contributed by atoms with Gasteiger partial charge in [0, 0.05) is 41.0 Å². The molecule has 0 aliphatic carbocycles. The van der Waals surface area contributed by atoms with Gasteiger partial charge in [0.15, 0.2) is 0 Å². The summed E-state index contributed by atoms with van der Waals surface area (Å²) in [6.45, 7) is 7.20. The molecule has 4 aromatic rings. The van der Waals surface area contributed by atoms with Gasteiger partial charge < -0.3 is 10.6 Å². The Kier molecular flexibility index (Phi) is 6.41. The molecule has 0 fully saturated rings. The predicted molar refractivity (Wildman–Crippen MR) is 130 cm³/mol. The smallest absolute Gasteiger partial charge is 0.255 e. The monoisotopic (exact) mass is 460 g/mol. The highest BCUT2D eigenvalue weighted by Gasteiger charge is 2.15. The van der Waals surface area contributed by atoms with Crippen molar-refractivity contribution in [1.29, 1.82) is 0 Å². The summed E-state index contributed by atoms with van der Waals surface area (Å²) >= 11 is 1.45. The number of hydrogen-bond acceptors (Lipinski definition) is 6. The summed E-state index contributed by atoms with van der Waals surface area (Å²) in [5.41, 5.74) is 5.41. The topological polar surface area (TPSA) is 101 Å². The summed E-state index contributed by atoms with van der Waals surface area (Å²) in [7, 11) is 0. The van der Waals surface area contributed by atoms with Gasteiger partial charge >= 0.3 is 0 Å². The van der Waals surface area contributed by atoms with Crippen molar-refractivity contribution in [3.63, 3.8) is 0 Å². The number of rotatable bonds is 6. The number of carbonyl (C=O) groups excluding carboxylic acids is 2. The van der Waals surface area contributed by atoms with Crippen molar-refractivity contribution in [1.82, 2.24) is 19.6 Å². The van der Waals surface area contributed by atoms with E-state index in [-0.39, 0.29) is 11.8 Å². The van der Waals surface area contributed by atoms with Gasteiger partial charge in [-0.05, 0) is 56.2 Å². The highest BCUT2D eigenvalue weighted by molar-refractivity contribution is 7.98. The number of carbonyl (C=O) groups is 2. The van der Waals surface area contributed by atoms with Gasteiger partial charge in [0.05, 0.1) is 0 Å². The summed E-state index contributed by atoms with van der Waals surface area (Å²) in [6, 6.07) is 14.8. The van der Waals surface area contributed by atoms with E-state index >= 15 is 0 Å². The largest absolute Gasteiger partial charge is 0.326 e. The third-order valence-electron chi connectivity index (χ3n) is 5.11. The van der Waals surface area contributed by atoms with Crippen LogP contribution in [0.2, 0.25) is 0 Å². The standard InChI is InChI=1S/C24H24N6O2S/c1-14-12-15(2)30-23(25-14)28-24(29-30)33-13-18-8-5-6-9-19(18)22(32)27-21-11-7-10-20(16(21)3)26-17(4)31/h5-12H,13H2,1-4H3,(H,26,31)(H,27,32). The summed E-state index contributed by atoms with van der Waals surface area (Å²) in [6.07, 6.45) is 0. The third-order valence-corrected chi connectivity index (χ3v) is 6.00. The van der Waals surface area contributed by atoms with E-state index in [0.717, 1.165) is 22.5 Å². The van der Waals surface area contributed by atoms with Crippen molar-refractivity contribution >= 4 is 40.7 Å². The Morgan fingerprint density at radius 1 is 0.970 bits per heavy atom. The van der Waals surface area contributed by atoms with Crippen LogP contribution in [0.1, 0.15) is 39.8 Å².